The monoisotopic (exact) mass is 346 g/mol. The lowest BCUT2D eigenvalue weighted by molar-refractivity contribution is -0.148. The molecule has 4 atom stereocenters. The highest BCUT2D eigenvalue weighted by atomic mass is 16.3. The maximum Gasteiger partial charge on any atom is 0.315 e. The summed E-state index contributed by atoms with van der Waals surface area (Å²) in [6.07, 6.45) is 0.364. The summed E-state index contributed by atoms with van der Waals surface area (Å²) in [5.41, 5.74) is 0.988. The molecule has 0 radical (unpaired) electrons. The fourth-order valence-corrected chi connectivity index (χ4v) is 3.33. The second-order valence-corrected chi connectivity index (χ2v) is 6.43. The van der Waals surface area contributed by atoms with Crippen molar-refractivity contribution < 1.29 is 19.5 Å². The minimum Gasteiger partial charge on any atom is -0.394 e. The van der Waals surface area contributed by atoms with E-state index < -0.39 is 18.7 Å². The Balaban J connectivity index is 1.57. The number of hydrogen-bond acceptors (Lipinski definition) is 4. The lowest BCUT2D eigenvalue weighted by Gasteiger charge is -2.33. The van der Waals surface area contributed by atoms with Crippen molar-refractivity contribution in [3.05, 3.63) is 35.9 Å². The molecule has 0 aliphatic carbocycles. The van der Waals surface area contributed by atoms with Crippen LogP contribution < -0.4 is 16.0 Å². The van der Waals surface area contributed by atoms with E-state index in [4.69, 9.17) is 0 Å². The van der Waals surface area contributed by atoms with Crippen LogP contribution in [-0.4, -0.2) is 59.1 Å². The second-order valence-electron chi connectivity index (χ2n) is 6.43. The first kappa shape index (κ1) is 17.2. The van der Waals surface area contributed by atoms with Crippen LogP contribution in [0.5, 0.6) is 0 Å². The number of amides is 4. The Hall–Kier alpha value is -2.61. The smallest absolute Gasteiger partial charge is 0.315 e. The van der Waals surface area contributed by atoms with Gasteiger partial charge in [0.25, 0.3) is 0 Å². The Labute approximate surface area is 145 Å². The number of aliphatic hydroxyl groups excluding tert-OH is 1. The molecule has 25 heavy (non-hydrogen) atoms. The number of carbonyl (C=O) groups excluding carboxylic acids is 3. The maximum absolute atomic E-state index is 12.2. The van der Waals surface area contributed by atoms with Gasteiger partial charge in [-0.05, 0) is 18.9 Å². The van der Waals surface area contributed by atoms with Gasteiger partial charge in [-0.25, -0.2) is 4.79 Å². The Morgan fingerprint density at radius 2 is 2.08 bits per heavy atom. The first-order valence-electron chi connectivity index (χ1n) is 8.33. The van der Waals surface area contributed by atoms with Gasteiger partial charge >= 0.3 is 6.03 Å². The molecule has 4 N–H and O–H groups in total. The second kappa shape index (κ2) is 7.10. The van der Waals surface area contributed by atoms with Gasteiger partial charge in [0.05, 0.1) is 18.7 Å². The summed E-state index contributed by atoms with van der Waals surface area (Å²) in [5.74, 6) is -0.601. The predicted octanol–water partition coefficient (Wildman–Crippen LogP) is -0.493. The number of piperazine rings is 1. The molecule has 8 heteroatoms. The Morgan fingerprint density at radius 3 is 2.76 bits per heavy atom. The van der Waals surface area contributed by atoms with Crippen molar-refractivity contribution in [1.82, 2.24) is 20.9 Å². The minimum absolute atomic E-state index is 0.158. The number of nitrogens with one attached hydrogen (secondary N) is 3. The number of aliphatic hydroxyl groups is 1. The van der Waals surface area contributed by atoms with E-state index in [9.17, 15) is 19.5 Å². The molecule has 2 saturated heterocycles. The lowest BCUT2D eigenvalue weighted by Crippen LogP contribution is -2.62. The van der Waals surface area contributed by atoms with Gasteiger partial charge in [0, 0.05) is 6.54 Å². The Kier molecular flexibility index (Phi) is 4.89. The average Bonchev–Trinajstić information content (AvgIpc) is 3.03. The van der Waals surface area contributed by atoms with E-state index in [-0.39, 0.29) is 36.5 Å². The van der Waals surface area contributed by atoms with Gasteiger partial charge in [-0.3, -0.25) is 9.59 Å². The Morgan fingerprint density at radius 1 is 1.36 bits per heavy atom. The highest BCUT2D eigenvalue weighted by Crippen LogP contribution is 2.22. The van der Waals surface area contributed by atoms with Crippen LogP contribution in [0.2, 0.25) is 0 Å². The zero-order chi connectivity index (χ0) is 18.0. The van der Waals surface area contributed by atoms with E-state index in [0.717, 1.165) is 5.56 Å². The fraction of sp³-hybridized carbons (Fsp3) is 0.471. The van der Waals surface area contributed by atoms with Gasteiger partial charge in [0.1, 0.15) is 12.1 Å². The molecule has 1 aromatic carbocycles. The highest BCUT2D eigenvalue weighted by Gasteiger charge is 2.46. The van der Waals surface area contributed by atoms with E-state index >= 15 is 0 Å². The van der Waals surface area contributed by atoms with Crippen molar-refractivity contribution >= 4 is 17.8 Å². The first-order chi connectivity index (χ1) is 12.0. The zero-order valence-electron chi connectivity index (χ0n) is 13.9. The quantitative estimate of drug-likeness (QED) is 0.589. The van der Waals surface area contributed by atoms with Gasteiger partial charge in [0.15, 0.2) is 0 Å². The number of carbonyl (C=O) groups is 3. The van der Waals surface area contributed by atoms with E-state index in [1.807, 2.05) is 37.3 Å². The molecule has 2 fully saturated rings. The molecule has 0 unspecified atom stereocenters. The van der Waals surface area contributed by atoms with Crippen molar-refractivity contribution in [1.29, 1.82) is 0 Å². The third-order valence-electron chi connectivity index (χ3n) is 4.67. The molecule has 0 saturated carbocycles. The molecule has 2 aliphatic heterocycles. The van der Waals surface area contributed by atoms with Crippen LogP contribution >= 0.6 is 0 Å². The van der Waals surface area contributed by atoms with E-state index in [0.29, 0.717) is 6.42 Å². The van der Waals surface area contributed by atoms with Crippen molar-refractivity contribution in [2.75, 3.05) is 13.2 Å². The predicted molar refractivity (Wildman–Crippen MR) is 89.4 cm³/mol. The lowest BCUT2D eigenvalue weighted by atomic mass is 10.1. The number of rotatable bonds is 4. The molecule has 2 heterocycles. The summed E-state index contributed by atoms with van der Waals surface area (Å²) in [6, 6.07) is 7.29. The number of fused-ring (bicyclic) bond motifs is 1. The summed E-state index contributed by atoms with van der Waals surface area (Å²) >= 11 is 0. The summed E-state index contributed by atoms with van der Waals surface area (Å²) in [7, 11) is 0. The van der Waals surface area contributed by atoms with Gasteiger partial charge in [-0.2, -0.15) is 0 Å². The van der Waals surface area contributed by atoms with Crippen LogP contribution in [0.4, 0.5) is 4.79 Å². The molecule has 134 valence electrons. The topological polar surface area (TPSA) is 111 Å². The van der Waals surface area contributed by atoms with Gasteiger partial charge < -0.3 is 26.0 Å². The van der Waals surface area contributed by atoms with Crippen LogP contribution in [0.15, 0.2) is 30.3 Å². The summed E-state index contributed by atoms with van der Waals surface area (Å²) in [6.45, 7) is 1.72. The molecule has 2 aliphatic rings. The molecular weight excluding hydrogens is 324 g/mol. The molecule has 3 rings (SSSR count). The van der Waals surface area contributed by atoms with Gasteiger partial charge in [0.2, 0.25) is 11.8 Å². The van der Waals surface area contributed by atoms with Crippen molar-refractivity contribution in [3.8, 4) is 0 Å². The first-order valence-corrected chi connectivity index (χ1v) is 8.33. The Bertz CT molecular complexity index is 666. The molecular formula is C17H22N4O4. The standard InChI is InChI=1S/C17H22N4O4/c1-10(11-5-3-2-4-6-11)18-17(25)19-12-7-14-15(23)20-13(9-22)16(24)21(14)8-12/h2-6,10,12-14,22H,7-9H2,1H3,(H,20,23)(H2,18,19,25)/t10-,12+,13-,14+/m1/s1. The van der Waals surface area contributed by atoms with Crippen LogP contribution in [-0.2, 0) is 9.59 Å². The van der Waals surface area contributed by atoms with Gasteiger partial charge in [-0.1, -0.05) is 30.3 Å². The molecule has 0 aromatic heterocycles. The number of hydrogen-bond donors (Lipinski definition) is 4. The maximum atomic E-state index is 12.2. The minimum atomic E-state index is -0.894. The number of urea groups is 1. The summed E-state index contributed by atoms with van der Waals surface area (Å²) in [4.78, 5) is 37.9. The van der Waals surface area contributed by atoms with E-state index in [1.165, 1.54) is 4.90 Å². The number of benzene rings is 1. The van der Waals surface area contributed by atoms with Crippen molar-refractivity contribution in [2.24, 2.45) is 0 Å². The summed E-state index contributed by atoms with van der Waals surface area (Å²) in [5, 5.41) is 17.4. The van der Waals surface area contributed by atoms with Crippen LogP contribution in [0.25, 0.3) is 0 Å². The van der Waals surface area contributed by atoms with E-state index in [2.05, 4.69) is 16.0 Å². The van der Waals surface area contributed by atoms with Gasteiger partial charge in [-0.15, -0.1) is 0 Å². The fourth-order valence-electron chi connectivity index (χ4n) is 3.33. The normalized spacial score (nSPS) is 26.6. The molecule has 8 nitrogen and oxygen atoms in total. The molecule has 0 spiro atoms. The molecule has 4 amide bonds. The average molecular weight is 346 g/mol. The largest absolute Gasteiger partial charge is 0.394 e. The SMILES string of the molecule is C[C@@H](NC(=O)N[C@H]1C[C@H]2C(=O)N[C@H](CO)C(=O)N2C1)c1ccccc1. The van der Waals surface area contributed by atoms with Crippen molar-refractivity contribution in [3.63, 3.8) is 0 Å². The number of nitrogens with zero attached hydrogens (tertiary/aromatic N) is 1. The van der Waals surface area contributed by atoms with Crippen LogP contribution in [0.1, 0.15) is 24.9 Å². The third kappa shape index (κ3) is 3.58. The molecule has 1 aromatic rings. The van der Waals surface area contributed by atoms with Crippen LogP contribution in [0, 0.1) is 0 Å². The summed E-state index contributed by atoms with van der Waals surface area (Å²) < 4.78 is 0. The molecule has 0 bridgehead atoms. The van der Waals surface area contributed by atoms with E-state index in [1.54, 1.807) is 0 Å². The van der Waals surface area contributed by atoms with Crippen molar-refractivity contribution in [2.45, 2.75) is 37.5 Å². The zero-order valence-corrected chi connectivity index (χ0v) is 13.9. The highest BCUT2D eigenvalue weighted by molar-refractivity contribution is 5.97. The van der Waals surface area contributed by atoms with Crippen LogP contribution in [0.3, 0.4) is 0 Å². The third-order valence-corrected chi connectivity index (χ3v) is 4.67.